The fourth-order valence-corrected chi connectivity index (χ4v) is 5.63. The average Bonchev–Trinajstić information content (AvgIpc) is 3.51. The molecule has 7 nitrogen and oxygen atoms in total. The van der Waals surface area contributed by atoms with Gasteiger partial charge in [-0.05, 0) is 37.1 Å². The Morgan fingerprint density at radius 3 is 2.87 bits per heavy atom. The van der Waals surface area contributed by atoms with Gasteiger partial charge in [-0.1, -0.05) is 0 Å². The molecule has 0 amide bonds. The summed E-state index contributed by atoms with van der Waals surface area (Å²) >= 11 is 0. The summed E-state index contributed by atoms with van der Waals surface area (Å²) in [5, 5.41) is 3.86. The van der Waals surface area contributed by atoms with Crippen LogP contribution in [0.5, 0.6) is 5.75 Å². The van der Waals surface area contributed by atoms with Crippen LogP contribution in [0, 0.1) is 0 Å². The Balaban J connectivity index is 1.23. The van der Waals surface area contributed by atoms with Gasteiger partial charge in [-0.15, -0.1) is 0 Å². The third kappa shape index (κ3) is 2.98. The molecule has 7 heteroatoms. The number of anilines is 1. The molecular formula is C24H29N5O2. The Bertz CT molecular complexity index is 1110. The molecule has 1 atom stereocenters. The summed E-state index contributed by atoms with van der Waals surface area (Å²) < 4.78 is 16.5. The molecule has 31 heavy (non-hydrogen) atoms. The number of hydrogen-bond donors (Lipinski definition) is 1. The number of aromatic nitrogens is 3. The van der Waals surface area contributed by atoms with E-state index >= 15 is 0 Å². The van der Waals surface area contributed by atoms with Gasteiger partial charge in [-0.3, -0.25) is 4.90 Å². The molecule has 2 spiro atoms. The lowest BCUT2D eigenvalue weighted by molar-refractivity contribution is -0.0454. The van der Waals surface area contributed by atoms with Crippen LogP contribution in [0.3, 0.4) is 0 Å². The van der Waals surface area contributed by atoms with Crippen LogP contribution in [0.1, 0.15) is 30.7 Å². The first-order valence-corrected chi connectivity index (χ1v) is 11.1. The molecule has 1 N–H and O–H groups in total. The van der Waals surface area contributed by atoms with Crippen molar-refractivity contribution in [1.29, 1.82) is 0 Å². The molecule has 3 aliphatic heterocycles. The van der Waals surface area contributed by atoms with Crippen molar-refractivity contribution in [3.8, 4) is 11.4 Å². The minimum absolute atomic E-state index is 0.0680. The highest BCUT2D eigenvalue weighted by atomic mass is 16.5. The van der Waals surface area contributed by atoms with Crippen LogP contribution in [0.15, 0.2) is 49.1 Å². The maximum Gasteiger partial charge on any atom is 0.121 e. The number of ether oxygens (including phenoxy) is 2. The number of nitrogens with zero attached hydrogens (tertiary/aromatic N) is 4. The highest BCUT2D eigenvalue weighted by molar-refractivity contribution is 5.69. The summed E-state index contributed by atoms with van der Waals surface area (Å²) in [5.74, 6) is 0.870. The molecule has 0 bridgehead atoms. The van der Waals surface area contributed by atoms with Crippen molar-refractivity contribution in [2.45, 2.75) is 36.9 Å². The summed E-state index contributed by atoms with van der Waals surface area (Å²) in [6, 6.07) is 10.6. The molecule has 5 heterocycles. The van der Waals surface area contributed by atoms with E-state index in [-0.39, 0.29) is 11.1 Å². The largest absolute Gasteiger partial charge is 0.497 e. The third-order valence-electron chi connectivity index (χ3n) is 7.39. The minimum atomic E-state index is -0.201. The number of methoxy groups -OCH3 is 1. The van der Waals surface area contributed by atoms with Crippen molar-refractivity contribution >= 4 is 5.69 Å². The van der Waals surface area contributed by atoms with E-state index in [2.05, 4.69) is 61.8 Å². The van der Waals surface area contributed by atoms with Crippen molar-refractivity contribution in [1.82, 2.24) is 19.0 Å². The Labute approximate surface area is 182 Å². The summed E-state index contributed by atoms with van der Waals surface area (Å²) in [6.45, 7) is 3.74. The lowest BCUT2D eigenvalue weighted by atomic mass is 9.79. The van der Waals surface area contributed by atoms with E-state index in [1.807, 2.05) is 18.6 Å². The molecule has 2 aromatic heterocycles. The zero-order valence-electron chi connectivity index (χ0n) is 18.2. The van der Waals surface area contributed by atoms with Gasteiger partial charge in [0.15, 0.2) is 0 Å². The predicted octanol–water partition coefficient (Wildman–Crippen LogP) is 3.30. The normalized spacial score (nSPS) is 24.2. The molecule has 2 saturated heterocycles. The number of rotatable bonds is 3. The van der Waals surface area contributed by atoms with Crippen LogP contribution >= 0.6 is 0 Å². The first-order chi connectivity index (χ1) is 15.1. The Kier molecular flexibility index (Phi) is 4.20. The van der Waals surface area contributed by atoms with Gasteiger partial charge < -0.3 is 23.9 Å². The van der Waals surface area contributed by atoms with E-state index in [0.29, 0.717) is 6.61 Å². The van der Waals surface area contributed by atoms with Gasteiger partial charge >= 0.3 is 0 Å². The molecule has 0 aliphatic carbocycles. The highest BCUT2D eigenvalue weighted by Gasteiger charge is 2.53. The van der Waals surface area contributed by atoms with Gasteiger partial charge in [0, 0.05) is 51.6 Å². The number of nitrogens with one attached hydrogen (secondary N) is 1. The zero-order valence-corrected chi connectivity index (χ0v) is 18.2. The molecule has 0 saturated carbocycles. The van der Waals surface area contributed by atoms with Crippen LogP contribution < -0.4 is 10.1 Å². The Morgan fingerprint density at radius 2 is 2.10 bits per heavy atom. The standard InChI is InChI=1S/C24H29N5O2/c1-27-17-25-13-18(27)14-28-10-7-23(8-11-28)15-24(16-31-23)22-4-3-9-29(22)21-6-5-19(30-2)12-20(21)26-24/h3-6,9,12-13,17,26H,7-8,10-11,14-16H2,1-2H3. The number of fused-ring (bicyclic) bond motifs is 4. The van der Waals surface area contributed by atoms with E-state index < -0.39 is 0 Å². The Morgan fingerprint density at radius 1 is 1.23 bits per heavy atom. The van der Waals surface area contributed by atoms with Crippen molar-refractivity contribution < 1.29 is 9.47 Å². The summed E-state index contributed by atoms with van der Waals surface area (Å²) in [5.41, 5.74) is 4.56. The van der Waals surface area contributed by atoms with Gasteiger partial charge in [-0.2, -0.15) is 0 Å². The van der Waals surface area contributed by atoms with E-state index in [1.165, 1.54) is 17.1 Å². The topological polar surface area (TPSA) is 56.5 Å². The smallest absolute Gasteiger partial charge is 0.121 e. The van der Waals surface area contributed by atoms with Crippen LogP contribution in [0.25, 0.3) is 5.69 Å². The lowest BCUT2D eigenvalue weighted by Crippen LogP contribution is -2.46. The van der Waals surface area contributed by atoms with Crippen LogP contribution in [0.2, 0.25) is 0 Å². The van der Waals surface area contributed by atoms with E-state index in [1.54, 1.807) is 7.11 Å². The van der Waals surface area contributed by atoms with Gasteiger partial charge in [0.2, 0.25) is 0 Å². The van der Waals surface area contributed by atoms with E-state index in [9.17, 15) is 0 Å². The van der Waals surface area contributed by atoms with Crippen molar-refractivity contribution in [3.05, 3.63) is 60.4 Å². The molecule has 0 radical (unpaired) electrons. The SMILES string of the molecule is COc1ccc2c(c1)NC1(COC3(CCN(Cc4cncn4C)CC3)C1)c1cccn1-2. The fraction of sp³-hybridized carbons (Fsp3) is 0.458. The number of piperidine rings is 1. The van der Waals surface area contributed by atoms with Gasteiger partial charge in [0.25, 0.3) is 0 Å². The van der Waals surface area contributed by atoms with Gasteiger partial charge in [0.1, 0.15) is 11.3 Å². The molecule has 1 unspecified atom stereocenters. The van der Waals surface area contributed by atoms with Crippen molar-refractivity contribution in [3.63, 3.8) is 0 Å². The highest BCUT2D eigenvalue weighted by Crippen LogP contribution is 2.50. The van der Waals surface area contributed by atoms with Crippen LogP contribution in [0.4, 0.5) is 5.69 Å². The number of benzene rings is 1. The number of likely N-dealkylation sites (tertiary alicyclic amines) is 1. The first-order valence-electron chi connectivity index (χ1n) is 11.1. The van der Waals surface area contributed by atoms with Crippen LogP contribution in [-0.2, 0) is 23.9 Å². The molecule has 1 aromatic carbocycles. The molecular weight excluding hydrogens is 390 g/mol. The molecule has 2 fully saturated rings. The van der Waals surface area contributed by atoms with E-state index in [4.69, 9.17) is 9.47 Å². The first kappa shape index (κ1) is 19.0. The van der Waals surface area contributed by atoms with Gasteiger partial charge in [0.05, 0.1) is 48.4 Å². The second-order valence-electron chi connectivity index (χ2n) is 9.27. The second-order valence-corrected chi connectivity index (χ2v) is 9.27. The third-order valence-corrected chi connectivity index (χ3v) is 7.39. The molecule has 3 aliphatic rings. The minimum Gasteiger partial charge on any atom is -0.497 e. The summed E-state index contributed by atoms with van der Waals surface area (Å²) in [7, 11) is 3.78. The summed E-state index contributed by atoms with van der Waals surface area (Å²) in [4.78, 5) is 6.78. The Hall–Kier alpha value is -2.77. The molecule has 3 aromatic rings. The van der Waals surface area contributed by atoms with Crippen LogP contribution in [-0.4, -0.2) is 51.4 Å². The monoisotopic (exact) mass is 419 g/mol. The maximum atomic E-state index is 6.63. The fourth-order valence-electron chi connectivity index (χ4n) is 5.63. The molecule has 162 valence electrons. The van der Waals surface area contributed by atoms with Crippen molar-refractivity contribution in [2.24, 2.45) is 7.05 Å². The number of aryl methyl sites for hydroxylation is 1. The molecule has 6 rings (SSSR count). The summed E-state index contributed by atoms with van der Waals surface area (Å²) in [6.07, 6.45) is 9.10. The maximum absolute atomic E-state index is 6.63. The van der Waals surface area contributed by atoms with E-state index in [0.717, 1.165) is 50.3 Å². The zero-order chi connectivity index (χ0) is 21.1. The van der Waals surface area contributed by atoms with Crippen molar-refractivity contribution in [2.75, 3.05) is 32.1 Å². The predicted molar refractivity (Wildman–Crippen MR) is 119 cm³/mol. The number of imidazole rings is 1. The quantitative estimate of drug-likeness (QED) is 0.706. The number of hydrogen-bond acceptors (Lipinski definition) is 5. The van der Waals surface area contributed by atoms with Gasteiger partial charge in [-0.25, -0.2) is 4.98 Å². The second kappa shape index (κ2) is 6.87. The lowest BCUT2D eigenvalue weighted by Gasteiger charge is -2.41. The average molecular weight is 420 g/mol.